The van der Waals surface area contributed by atoms with Gasteiger partial charge in [0.25, 0.3) is 5.91 Å². The Hall–Kier alpha value is -2.96. The number of methoxy groups -OCH3 is 1. The van der Waals surface area contributed by atoms with Crippen LogP contribution in [0.15, 0.2) is 29.7 Å². The summed E-state index contributed by atoms with van der Waals surface area (Å²) in [5.74, 6) is -3.11. The SMILES string of the molecule is CCN1C[C@H](COCCOC)N(CC)/C(=C(/O)C(=O)Cc2nnc(Cc3ccc(F)cc3F)s2)C1=O. The van der Waals surface area contributed by atoms with E-state index in [-0.39, 0.29) is 30.1 Å². The number of ether oxygens (including phenoxy) is 2. The summed E-state index contributed by atoms with van der Waals surface area (Å²) in [6.07, 6.45) is -0.186. The van der Waals surface area contributed by atoms with Gasteiger partial charge >= 0.3 is 0 Å². The molecule has 1 saturated heterocycles. The van der Waals surface area contributed by atoms with Crippen LogP contribution in [0.5, 0.6) is 0 Å². The number of rotatable bonds is 12. The molecule has 2 aromatic rings. The standard InChI is InChI=1S/C24H30F2N4O5S/c1-4-29-13-17(14-35-9-8-34-3)30(5-2)22(24(29)33)23(32)19(31)12-21-28-27-20(36-21)10-15-6-7-16(25)11-18(15)26/h6-7,11,17,32H,4-5,8-10,12-14H2,1-3H3/b23-22+/t17-/m1/s1. The number of likely N-dealkylation sites (N-methyl/N-ethyl adjacent to an activating group) is 2. The maximum absolute atomic E-state index is 13.9. The number of aromatic nitrogens is 2. The van der Waals surface area contributed by atoms with Crippen LogP contribution in [0.2, 0.25) is 0 Å². The molecule has 196 valence electrons. The van der Waals surface area contributed by atoms with Crippen LogP contribution in [0.25, 0.3) is 0 Å². The third-order valence-corrected chi connectivity index (χ3v) is 6.70. The zero-order valence-electron chi connectivity index (χ0n) is 20.5. The van der Waals surface area contributed by atoms with E-state index in [4.69, 9.17) is 9.47 Å². The predicted octanol–water partition coefficient (Wildman–Crippen LogP) is 2.50. The second kappa shape index (κ2) is 12.8. The highest BCUT2D eigenvalue weighted by molar-refractivity contribution is 7.11. The number of amides is 1. The van der Waals surface area contributed by atoms with Gasteiger partial charge in [0, 0.05) is 39.2 Å². The average molecular weight is 525 g/mol. The molecule has 0 saturated carbocycles. The molecular weight excluding hydrogens is 494 g/mol. The Morgan fingerprint density at radius 1 is 1.19 bits per heavy atom. The van der Waals surface area contributed by atoms with E-state index >= 15 is 0 Å². The van der Waals surface area contributed by atoms with Gasteiger partial charge in [-0.1, -0.05) is 6.07 Å². The fourth-order valence-corrected chi connectivity index (χ4v) is 4.80. The molecule has 12 heteroatoms. The summed E-state index contributed by atoms with van der Waals surface area (Å²) in [6, 6.07) is 3.04. The fraction of sp³-hybridized carbons (Fsp3) is 0.500. The number of halogens is 2. The normalized spacial score (nSPS) is 17.6. The molecule has 1 aliphatic heterocycles. The Morgan fingerprint density at radius 2 is 1.94 bits per heavy atom. The topological polar surface area (TPSA) is 105 Å². The number of ketones is 1. The summed E-state index contributed by atoms with van der Waals surface area (Å²) in [4.78, 5) is 29.3. The fourth-order valence-electron chi connectivity index (χ4n) is 3.93. The Bertz CT molecular complexity index is 1110. The van der Waals surface area contributed by atoms with Gasteiger partial charge in [-0.2, -0.15) is 0 Å². The van der Waals surface area contributed by atoms with Gasteiger partial charge in [-0.05, 0) is 25.5 Å². The Kier molecular flexibility index (Phi) is 9.85. The molecule has 0 radical (unpaired) electrons. The molecule has 1 aliphatic rings. The Morgan fingerprint density at radius 3 is 2.61 bits per heavy atom. The number of Topliss-reactive ketones (excluding diaryl/α,β-unsaturated/α-hetero) is 1. The maximum Gasteiger partial charge on any atom is 0.274 e. The van der Waals surface area contributed by atoms with Gasteiger partial charge in [0.05, 0.1) is 32.3 Å². The third kappa shape index (κ3) is 6.62. The average Bonchev–Trinajstić information content (AvgIpc) is 3.30. The van der Waals surface area contributed by atoms with Crippen LogP contribution in [0, 0.1) is 11.6 Å². The number of hydrogen-bond donors (Lipinski definition) is 1. The highest BCUT2D eigenvalue weighted by atomic mass is 32.1. The molecule has 1 N–H and O–H groups in total. The van der Waals surface area contributed by atoms with Gasteiger partial charge in [0.1, 0.15) is 27.3 Å². The van der Waals surface area contributed by atoms with Gasteiger partial charge in [0.15, 0.2) is 5.76 Å². The van der Waals surface area contributed by atoms with E-state index in [1.165, 1.54) is 6.07 Å². The van der Waals surface area contributed by atoms with E-state index in [2.05, 4.69) is 10.2 Å². The number of nitrogens with zero attached hydrogens (tertiary/aromatic N) is 4. The van der Waals surface area contributed by atoms with Crippen molar-refractivity contribution in [2.24, 2.45) is 0 Å². The summed E-state index contributed by atoms with van der Waals surface area (Å²) in [5.41, 5.74) is 0.189. The number of benzene rings is 1. The van der Waals surface area contributed by atoms with Crippen molar-refractivity contribution >= 4 is 23.0 Å². The van der Waals surface area contributed by atoms with E-state index in [0.717, 1.165) is 23.5 Å². The second-order valence-electron chi connectivity index (χ2n) is 8.15. The van der Waals surface area contributed by atoms with Crippen LogP contribution in [0.1, 0.15) is 29.4 Å². The van der Waals surface area contributed by atoms with Gasteiger partial charge in [-0.15, -0.1) is 21.5 Å². The lowest BCUT2D eigenvalue weighted by atomic mass is 10.1. The van der Waals surface area contributed by atoms with Crippen molar-refractivity contribution in [3.63, 3.8) is 0 Å². The maximum atomic E-state index is 13.9. The zero-order chi connectivity index (χ0) is 26.2. The predicted molar refractivity (Wildman–Crippen MR) is 129 cm³/mol. The van der Waals surface area contributed by atoms with Gasteiger partial charge in [-0.25, -0.2) is 8.78 Å². The molecule has 3 rings (SSSR count). The van der Waals surface area contributed by atoms with Crippen molar-refractivity contribution in [1.29, 1.82) is 0 Å². The molecule has 0 unspecified atom stereocenters. The molecule has 1 amide bonds. The summed E-state index contributed by atoms with van der Waals surface area (Å²) in [7, 11) is 1.58. The van der Waals surface area contributed by atoms with Crippen molar-refractivity contribution in [2.45, 2.75) is 32.7 Å². The first-order valence-corrected chi connectivity index (χ1v) is 12.4. The van der Waals surface area contributed by atoms with Crippen LogP contribution in [-0.4, -0.2) is 89.4 Å². The highest BCUT2D eigenvalue weighted by Crippen LogP contribution is 2.25. The van der Waals surface area contributed by atoms with Crippen molar-refractivity contribution in [3.05, 3.63) is 56.9 Å². The first-order valence-electron chi connectivity index (χ1n) is 11.6. The summed E-state index contributed by atoms with van der Waals surface area (Å²) in [6.45, 7) is 5.98. The molecule has 2 heterocycles. The van der Waals surface area contributed by atoms with Gasteiger partial charge < -0.3 is 24.4 Å². The lowest BCUT2D eigenvalue weighted by Crippen LogP contribution is -2.56. The summed E-state index contributed by atoms with van der Waals surface area (Å²) >= 11 is 1.08. The molecule has 1 atom stereocenters. The van der Waals surface area contributed by atoms with E-state index in [9.17, 15) is 23.5 Å². The minimum absolute atomic E-state index is 0.0611. The second-order valence-corrected chi connectivity index (χ2v) is 9.30. The van der Waals surface area contributed by atoms with E-state index < -0.39 is 29.1 Å². The van der Waals surface area contributed by atoms with Crippen molar-refractivity contribution in [2.75, 3.05) is 46.6 Å². The molecule has 1 aromatic carbocycles. The zero-order valence-corrected chi connectivity index (χ0v) is 21.3. The van der Waals surface area contributed by atoms with Crippen LogP contribution in [0.4, 0.5) is 8.78 Å². The molecule has 9 nitrogen and oxygen atoms in total. The largest absolute Gasteiger partial charge is 0.503 e. The Balaban J connectivity index is 1.76. The van der Waals surface area contributed by atoms with E-state index in [0.29, 0.717) is 49.5 Å². The highest BCUT2D eigenvalue weighted by Gasteiger charge is 2.38. The smallest absolute Gasteiger partial charge is 0.274 e. The van der Waals surface area contributed by atoms with E-state index in [1.54, 1.807) is 16.9 Å². The lowest BCUT2D eigenvalue weighted by molar-refractivity contribution is -0.135. The number of aliphatic hydroxyl groups excluding tert-OH is 1. The van der Waals surface area contributed by atoms with Crippen molar-refractivity contribution in [3.8, 4) is 0 Å². The molecule has 0 aliphatic carbocycles. The number of carbonyl (C=O) groups excluding carboxylic acids is 2. The molecule has 0 bridgehead atoms. The number of hydrogen-bond acceptors (Lipinski definition) is 9. The quantitative estimate of drug-likeness (QED) is 0.257. The minimum Gasteiger partial charge on any atom is -0.503 e. The number of piperazine rings is 1. The van der Waals surface area contributed by atoms with Crippen molar-refractivity contribution < 1.29 is 33.0 Å². The summed E-state index contributed by atoms with van der Waals surface area (Å²) in [5, 5.41) is 19.6. The van der Waals surface area contributed by atoms with Crippen LogP contribution >= 0.6 is 11.3 Å². The third-order valence-electron chi connectivity index (χ3n) is 5.78. The van der Waals surface area contributed by atoms with Gasteiger partial charge in [-0.3, -0.25) is 9.59 Å². The van der Waals surface area contributed by atoms with Crippen molar-refractivity contribution in [1.82, 2.24) is 20.0 Å². The minimum atomic E-state index is -0.693. The number of aliphatic hydroxyl groups is 1. The molecule has 1 aromatic heterocycles. The first-order chi connectivity index (χ1) is 17.3. The Labute approximate surface area is 212 Å². The molecular formula is C24H30F2N4O5S. The first kappa shape index (κ1) is 27.6. The molecule has 0 spiro atoms. The monoisotopic (exact) mass is 524 g/mol. The van der Waals surface area contributed by atoms with Crippen LogP contribution in [0.3, 0.4) is 0 Å². The van der Waals surface area contributed by atoms with E-state index in [1.807, 2.05) is 13.8 Å². The molecule has 36 heavy (non-hydrogen) atoms. The van der Waals surface area contributed by atoms with Gasteiger partial charge in [0.2, 0.25) is 5.78 Å². The summed E-state index contributed by atoms with van der Waals surface area (Å²) < 4.78 is 37.7. The molecule has 1 fully saturated rings. The lowest BCUT2D eigenvalue weighted by Gasteiger charge is -2.42. The van der Waals surface area contributed by atoms with Crippen LogP contribution in [-0.2, 0) is 31.9 Å². The number of allylic oxidation sites excluding steroid dienone is 1. The number of carbonyl (C=O) groups is 2. The van der Waals surface area contributed by atoms with Crippen LogP contribution < -0.4 is 0 Å².